The summed E-state index contributed by atoms with van der Waals surface area (Å²) in [6.45, 7) is 7.00. The van der Waals surface area contributed by atoms with Gasteiger partial charge in [-0.3, -0.25) is 14.7 Å². The zero-order valence-electron chi connectivity index (χ0n) is 15.0. The van der Waals surface area contributed by atoms with Crippen molar-refractivity contribution in [1.29, 1.82) is 0 Å². The number of hydrogen-bond donors (Lipinski definition) is 1. The monoisotopic (exact) mass is 348 g/mol. The molecule has 8 heteroatoms. The van der Waals surface area contributed by atoms with Crippen molar-refractivity contribution < 1.29 is 14.3 Å². The fourth-order valence-electron chi connectivity index (χ4n) is 3.33. The van der Waals surface area contributed by atoms with Crippen LogP contribution in [0, 0.1) is 6.92 Å². The van der Waals surface area contributed by atoms with Crippen molar-refractivity contribution in [3.05, 3.63) is 33.9 Å². The topological polar surface area (TPSA) is 88.9 Å². The number of rotatable bonds is 4. The van der Waals surface area contributed by atoms with Crippen LogP contribution in [0.3, 0.4) is 0 Å². The van der Waals surface area contributed by atoms with E-state index in [1.807, 2.05) is 13.8 Å². The van der Waals surface area contributed by atoms with E-state index in [-0.39, 0.29) is 24.0 Å². The van der Waals surface area contributed by atoms with Gasteiger partial charge in [-0.25, -0.2) is 9.50 Å². The number of nitrogens with zero attached hydrogens (tertiary/aromatic N) is 3. The van der Waals surface area contributed by atoms with Crippen molar-refractivity contribution in [2.75, 3.05) is 26.8 Å². The lowest BCUT2D eigenvalue weighted by Gasteiger charge is -2.42. The third-order valence-corrected chi connectivity index (χ3v) is 4.36. The summed E-state index contributed by atoms with van der Waals surface area (Å²) in [5.74, 6) is -0.106. The van der Waals surface area contributed by atoms with Gasteiger partial charge in [0.1, 0.15) is 0 Å². The van der Waals surface area contributed by atoms with Crippen LogP contribution >= 0.6 is 0 Å². The molecule has 1 aliphatic heterocycles. The number of aromatic nitrogens is 3. The van der Waals surface area contributed by atoms with Crippen LogP contribution in [0.4, 0.5) is 0 Å². The Morgan fingerprint density at radius 2 is 2.28 bits per heavy atom. The Labute approximate surface area is 145 Å². The standard InChI is InChI=1S/C17H24N4O4/c1-11-13(16(23)21-14(19-11)5-6-18-21)7-15(22)20-8-12(9-24-4)25-17(2,3)10-20/h5-6,12,18H,7-10H2,1-4H3/t12-/m1/s1. The van der Waals surface area contributed by atoms with Gasteiger partial charge in [-0.15, -0.1) is 0 Å². The summed E-state index contributed by atoms with van der Waals surface area (Å²) in [5, 5.41) is 2.83. The predicted molar refractivity (Wildman–Crippen MR) is 91.7 cm³/mol. The summed E-state index contributed by atoms with van der Waals surface area (Å²) in [5.41, 5.74) is 0.854. The highest BCUT2D eigenvalue weighted by atomic mass is 16.5. The number of hydrogen-bond acceptors (Lipinski definition) is 5. The van der Waals surface area contributed by atoms with Gasteiger partial charge in [0.15, 0.2) is 5.65 Å². The third-order valence-electron chi connectivity index (χ3n) is 4.36. The first-order valence-corrected chi connectivity index (χ1v) is 8.31. The molecule has 1 atom stereocenters. The van der Waals surface area contributed by atoms with Crippen molar-refractivity contribution >= 4 is 11.6 Å². The van der Waals surface area contributed by atoms with Gasteiger partial charge < -0.3 is 14.4 Å². The second-order valence-corrected chi connectivity index (χ2v) is 7.04. The van der Waals surface area contributed by atoms with Gasteiger partial charge in [-0.1, -0.05) is 0 Å². The van der Waals surface area contributed by atoms with E-state index in [4.69, 9.17) is 9.47 Å². The fourth-order valence-corrected chi connectivity index (χ4v) is 3.33. The lowest BCUT2D eigenvalue weighted by molar-refractivity contribution is -0.168. The average Bonchev–Trinajstić information content (AvgIpc) is 2.98. The number of nitrogens with one attached hydrogen (secondary N) is 1. The van der Waals surface area contributed by atoms with E-state index in [9.17, 15) is 9.59 Å². The molecule has 0 aromatic carbocycles. The zero-order valence-corrected chi connectivity index (χ0v) is 15.0. The lowest BCUT2D eigenvalue weighted by atomic mass is 10.0. The third kappa shape index (κ3) is 3.59. The molecule has 2 aromatic heterocycles. The van der Waals surface area contributed by atoms with E-state index < -0.39 is 5.60 Å². The van der Waals surface area contributed by atoms with Crippen molar-refractivity contribution in [3.63, 3.8) is 0 Å². The first kappa shape index (κ1) is 17.6. The number of ether oxygens (including phenoxy) is 2. The fraction of sp³-hybridized carbons (Fsp3) is 0.588. The average molecular weight is 348 g/mol. The molecule has 1 N–H and O–H groups in total. The molecule has 0 radical (unpaired) electrons. The molecule has 136 valence electrons. The smallest absolute Gasteiger partial charge is 0.276 e. The number of fused-ring (bicyclic) bond motifs is 1. The van der Waals surface area contributed by atoms with Crippen LogP contribution in [-0.2, 0) is 20.7 Å². The molecular weight excluding hydrogens is 324 g/mol. The van der Waals surface area contributed by atoms with E-state index in [0.29, 0.717) is 36.6 Å². The van der Waals surface area contributed by atoms with Crippen LogP contribution in [0.5, 0.6) is 0 Å². The van der Waals surface area contributed by atoms with Crippen molar-refractivity contribution in [3.8, 4) is 0 Å². The van der Waals surface area contributed by atoms with Crippen LogP contribution in [0.25, 0.3) is 5.65 Å². The molecule has 1 saturated heterocycles. The zero-order chi connectivity index (χ0) is 18.2. The van der Waals surface area contributed by atoms with Crippen LogP contribution in [0.15, 0.2) is 17.1 Å². The molecule has 1 amide bonds. The Morgan fingerprint density at radius 1 is 1.52 bits per heavy atom. The van der Waals surface area contributed by atoms with Gasteiger partial charge in [0.25, 0.3) is 5.56 Å². The molecule has 0 saturated carbocycles. The minimum absolute atomic E-state index is 0.0232. The number of aryl methyl sites for hydroxylation is 1. The highest BCUT2D eigenvalue weighted by Crippen LogP contribution is 2.22. The Morgan fingerprint density at radius 3 is 3.00 bits per heavy atom. The number of amides is 1. The molecule has 1 aliphatic rings. The number of methoxy groups -OCH3 is 1. The molecular formula is C17H24N4O4. The molecule has 0 unspecified atom stereocenters. The second kappa shape index (κ2) is 6.61. The number of morpholine rings is 1. The Hall–Kier alpha value is -2.19. The SMILES string of the molecule is COC[C@H]1CN(C(=O)Cc2c(C)nc3cc[nH]n3c2=O)CC(C)(C)O1. The molecule has 0 bridgehead atoms. The van der Waals surface area contributed by atoms with E-state index >= 15 is 0 Å². The van der Waals surface area contributed by atoms with E-state index in [2.05, 4.69) is 10.1 Å². The number of carbonyl (C=O) groups is 1. The molecule has 2 aromatic rings. The Kier molecular flexibility index (Phi) is 4.66. The summed E-state index contributed by atoms with van der Waals surface area (Å²) >= 11 is 0. The lowest BCUT2D eigenvalue weighted by Crippen LogP contribution is -2.56. The summed E-state index contributed by atoms with van der Waals surface area (Å²) in [4.78, 5) is 31.6. The van der Waals surface area contributed by atoms with Gasteiger partial charge in [0.2, 0.25) is 5.91 Å². The molecule has 0 spiro atoms. The van der Waals surface area contributed by atoms with Crippen molar-refractivity contribution in [2.45, 2.75) is 38.9 Å². The van der Waals surface area contributed by atoms with E-state index in [1.54, 1.807) is 31.2 Å². The van der Waals surface area contributed by atoms with Crippen LogP contribution in [0.2, 0.25) is 0 Å². The van der Waals surface area contributed by atoms with Crippen molar-refractivity contribution in [1.82, 2.24) is 19.5 Å². The van der Waals surface area contributed by atoms with Crippen LogP contribution < -0.4 is 5.56 Å². The van der Waals surface area contributed by atoms with Gasteiger partial charge in [0.05, 0.1) is 24.7 Å². The highest BCUT2D eigenvalue weighted by molar-refractivity contribution is 5.79. The van der Waals surface area contributed by atoms with E-state index in [0.717, 1.165) is 0 Å². The Bertz CT molecular complexity index is 839. The minimum atomic E-state index is -0.455. The van der Waals surface area contributed by atoms with Gasteiger partial charge >= 0.3 is 0 Å². The molecule has 25 heavy (non-hydrogen) atoms. The van der Waals surface area contributed by atoms with Gasteiger partial charge in [0, 0.05) is 43.7 Å². The van der Waals surface area contributed by atoms with Gasteiger partial charge in [-0.2, -0.15) is 0 Å². The maximum atomic E-state index is 12.8. The second-order valence-electron chi connectivity index (χ2n) is 7.04. The highest BCUT2D eigenvalue weighted by Gasteiger charge is 2.35. The molecule has 3 rings (SSSR count). The molecule has 0 aliphatic carbocycles. The normalized spacial score (nSPS) is 20.2. The minimum Gasteiger partial charge on any atom is -0.382 e. The molecule has 8 nitrogen and oxygen atoms in total. The number of carbonyl (C=O) groups excluding carboxylic acids is 1. The quantitative estimate of drug-likeness (QED) is 0.870. The largest absolute Gasteiger partial charge is 0.382 e. The summed E-state index contributed by atoms with van der Waals surface area (Å²) < 4.78 is 12.5. The van der Waals surface area contributed by atoms with Crippen LogP contribution in [-0.4, -0.2) is 63.9 Å². The number of H-pyrrole nitrogens is 1. The maximum absolute atomic E-state index is 12.8. The first-order valence-electron chi connectivity index (χ1n) is 8.31. The number of aromatic amines is 1. The summed E-state index contributed by atoms with van der Waals surface area (Å²) in [7, 11) is 1.61. The van der Waals surface area contributed by atoms with Crippen LogP contribution in [0.1, 0.15) is 25.1 Å². The Balaban J connectivity index is 1.83. The first-order chi connectivity index (χ1) is 11.8. The summed E-state index contributed by atoms with van der Waals surface area (Å²) in [6.07, 6.45) is 1.49. The molecule has 1 fully saturated rings. The molecule has 3 heterocycles. The summed E-state index contributed by atoms with van der Waals surface area (Å²) in [6, 6.07) is 1.72. The maximum Gasteiger partial charge on any atom is 0.276 e. The predicted octanol–water partition coefficient (Wildman–Crippen LogP) is 0.526. The van der Waals surface area contributed by atoms with Crippen molar-refractivity contribution in [2.24, 2.45) is 0 Å². The van der Waals surface area contributed by atoms with E-state index in [1.165, 1.54) is 4.52 Å². The van der Waals surface area contributed by atoms with Gasteiger partial charge in [-0.05, 0) is 20.8 Å².